The van der Waals surface area contributed by atoms with E-state index in [0.29, 0.717) is 43.9 Å². The van der Waals surface area contributed by atoms with E-state index in [0.717, 1.165) is 25.8 Å². The third-order valence-electron chi connectivity index (χ3n) is 4.50. The molecule has 1 aromatic rings. The quantitative estimate of drug-likeness (QED) is 0.675. The molecule has 1 unspecified atom stereocenters. The molecule has 1 aliphatic heterocycles. The maximum Gasteiger partial charge on any atom is 0.255 e. The van der Waals surface area contributed by atoms with Gasteiger partial charge < -0.3 is 20.7 Å². The van der Waals surface area contributed by atoms with Crippen molar-refractivity contribution in [1.82, 2.24) is 10.2 Å². The number of nitrogens with zero attached hydrogens (tertiary/aromatic N) is 1. The van der Waals surface area contributed by atoms with E-state index in [1.807, 2.05) is 24.0 Å². The number of para-hydroxylation sites is 1. The molecule has 1 aromatic carbocycles. The topological polar surface area (TPSA) is 84.7 Å². The first-order chi connectivity index (χ1) is 12.2. The molecule has 0 bridgehead atoms. The lowest BCUT2D eigenvalue weighted by Crippen LogP contribution is -2.47. The molecule has 0 radical (unpaired) electrons. The Morgan fingerprint density at radius 3 is 2.81 bits per heavy atom. The van der Waals surface area contributed by atoms with Crippen molar-refractivity contribution in [2.45, 2.75) is 45.1 Å². The van der Waals surface area contributed by atoms with Crippen LogP contribution < -0.4 is 15.8 Å². The average molecular weight is 384 g/mol. The van der Waals surface area contributed by atoms with Crippen LogP contribution in [0.1, 0.15) is 49.4 Å². The Kier molecular flexibility index (Phi) is 10.1. The molecular weight excluding hydrogens is 354 g/mol. The number of hydrogen-bond donors (Lipinski definition) is 2. The molecule has 146 valence electrons. The Morgan fingerprint density at radius 2 is 2.08 bits per heavy atom. The molecular formula is C19H30ClN3O3. The second-order valence-electron chi connectivity index (χ2n) is 6.26. The van der Waals surface area contributed by atoms with Gasteiger partial charge in [-0.25, -0.2) is 0 Å². The molecule has 1 saturated heterocycles. The summed E-state index contributed by atoms with van der Waals surface area (Å²) in [6.45, 7) is 4.18. The summed E-state index contributed by atoms with van der Waals surface area (Å²) in [5.41, 5.74) is 6.29. The molecule has 1 fully saturated rings. The molecule has 0 aliphatic carbocycles. The lowest BCUT2D eigenvalue weighted by Gasteiger charge is -2.35. The molecule has 2 rings (SSSR count). The van der Waals surface area contributed by atoms with Crippen LogP contribution in [0.5, 0.6) is 5.75 Å². The van der Waals surface area contributed by atoms with E-state index in [2.05, 4.69) is 5.32 Å². The lowest BCUT2D eigenvalue weighted by atomic mass is 10.0. The minimum Gasteiger partial charge on any atom is -0.493 e. The van der Waals surface area contributed by atoms with Gasteiger partial charge in [-0.1, -0.05) is 12.1 Å². The number of rotatable bonds is 8. The molecule has 0 aromatic heterocycles. The fraction of sp³-hybridized carbons (Fsp3) is 0.579. The van der Waals surface area contributed by atoms with E-state index in [1.165, 1.54) is 0 Å². The molecule has 1 aliphatic rings. The minimum atomic E-state index is -0.172. The highest BCUT2D eigenvalue weighted by molar-refractivity contribution is 5.96. The number of nitrogens with two attached hydrogens (primary N) is 1. The molecule has 0 saturated carbocycles. The smallest absolute Gasteiger partial charge is 0.255 e. The summed E-state index contributed by atoms with van der Waals surface area (Å²) in [6, 6.07) is 7.35. The summed E-state index contributed by atoms with van der Waals surface area (Å²) < 4.78 is 5.47. The van der Waals surface area contributed by atoms with Gasteiger partial charge in [0.2, 0.25) is 5.91 Å². The first kappa shape index (κ1) is 22.3. The first-order valence-electron chi connectivity index (χ1n) is 9.17. The fourth-order valence-electron chi connectivity index (χ4n) is 3.19. The Balaban J connectivity index is 0.00000338. The van der Waals surface area contributed by atoms with Gasteiger partial charge in [-0.2, -0.15) is 0 Å². The van der Waals surface area contributed by atoms with Gasteiger partial charge in [0.1, 0.15) is 5.75 Å². The maximum absolute atomic E-state index is 12.4. The lowest BCUT2D eigenvalue weighted by molar-refractivity contribution is -0.134. The monoisotopic (exact) mass is 383 g/mol. The van der Waals surface area contributed by atoms with E-state index in [4.69, 9.17) is 10.5 Å². The van der Waals surface area contributed by atoms with Crippen LogP contribution in [0, 0.1) is 0 Å². The number of carbonyl (C=O) groups is 2. The number of benzene rings is 1. The van der Waals surface area contributed by atoms with Crippen LogP contribution in [0.25, 0.3) is 0 Å². The van der Waals surface area contributed by atoms with Gasteiger partial charge in [0.05, 0.1) is 12.2 Å². The van der Waals surface area contributed by atoms with Crippen LogP contribution in [0.3, 0.4) is 0 Å². The average Bonchev–Trinajstić information content (AvgIpc) is 2.65. The van der Waals surface area contributed by atoms with Gasteiger partial charge in [0.25, 0.3) is 5.91 Å². The first-order valence-corrected chi connectivity index (χ1v) is 9.17. The highest BCUT2D eigenvalue weighted by Crippen LogP contribution is 2.18. The number of amides is 2. The van der Waals surface area contributed by atoms with Crippen LogP contribution >= 0.6 is 12.4 Å². The molecule has 1 atom stereocenters. The summed E-state index contributed by atoms with van der Waals surface area (Å²) >= 11 is 0. The number of hydrogen-bond acceptors (Lipinski definition) is 4. The van der Waals surface area contributed by atoms with Crippen LogP contribution in [-0.4, -0.2) is 49.0 Å². The highest BCUT2D eigenvalue weighted by Gasteiger charge is 2.24. The zero-order valence-electron chi connectivity index (χ0n) is 15.4. The SMILES string of the molecule is CCOc1ccccc1C(=O)NCCCC(=O)N1CCCCC1CN.Cl. The van der Waals surface area contributed by atoms with Gasteiger partial charge in [-0.05, 0) is 44.7 Å². The molecule has 7 heteroatoms. The van der Waals surface area contributed by atoms with Gasteiger partial charge >= 0.3 is 0 Å². The Hall–Kier alpha value is -1.79. The molecule has 2 amide bonds. The zero-order valence-corrected chi connectivity index (χ0v) is 16.2. The van der Waals surface area contributed by atoms with Crippen LogP contribution in [0.4, 0.5) is 0 Å². The van der Waals surface area contributed by atoms with Crippen LogP contribution in [0.15, 0.2) is 24.3 Å². The van der Waals surface area contributed by atoms with Crippen molar-refractivity contribution in [1.29, 1.82) is 0 Å². The van der Waals surface area contributed by atoms with Crippen molar-refractivity contribution < 1.29 is 14.3 Å². The maximum atomic E-state index is 12.4. The number of nitrogens with one attached hydrogen (secondary N) is 1. The van der Waals surface area contributed by atoms with Gasteiger partial charge in [0.15, 0.2) is 0 Å². The molecule has 1 heterocycles. The summed E-state index contributed by atoms with van der Waals surface area (Å²) in [5, 5.41) is 2.87. The summed E-state index contributed by atoms with van der Waals surface area (Å²) in [7, 11) is 0. The van der Waals surface area contributed by atoms with Gasteiger partial charge in [0, 0.05) is 32.1 Å². The molecule has 0 spiro atoms. The largest absolute Gasteiger partial charge is 0.493 e. The second kappa shape index (κ2) is 11.8. The zero-order chi connectivity index (χ0) is 18.1. The van der Waals surface area contributed by atoms with Crippen molar-refractivity contribution in [2.24, 2.45) is 5.73 Å². The molecule has 6 nitrogen and oxygen atoms in total. The van der Waals surface area contributed by atoms with Gasteiger partial charge in [-0.15, -0.1) is 12.4 Å². The number of ether oxygens (including phenoxy) is 1. The van der Waals surface area contributed by atoms with E-state index < -0.39 is 0 Å². The van der Waals surface area contributed by atoms with Crippen molar-refractivity contribution in [3.63, 3.8) is 0 Å². The number of carbonyl (C=O) groups excluding carboxylic acids is 2. The highest BCUT2D eigenvalue weighted by atomic mass is 35.5. The number of piperidine rings is 1. The molecule has 3 N–H and O–H groups in total. The number of likely N-dealkylation sites (tertiary alicyclic amines) is 1. The van der Waals surface area contributed by atoms with Gasteiger partial charge in [-0.3, -0.25) is 9.59 Å². The van der Waals surface area contributed by atoms with Crippen molar-refractivity contribution in [2.75, 3.05) is 26.2 Å². The predicted molar refractivity (Wildman–Crippen MR) is 105 cm³/mol. The molecule has 26 heavy (non-hydrogen) atoms. The van der Waals surface area contributed by atoms with E-state index in [9.17, 15) is 9.59 Å². The number of halogens is 1. The van der Waals surface area contributed by atoms with E-state index in [-0.39, 0.29) is 30.3 Å². The second-order valence-corrected chi connectivity index (χ2v) is 6.26. The van der Waals surface area contributed by atoms with Crippen molar-refractivity contribution >= 4 is 24.2 Å². The van der Waals surface area contributed by atoms with Crippen LogP contribution in [-0.2, 0) is 4.79 Å². The Labute approximate surface area is 161 Å². The Bertz CT molecular complexity index is 583. The summed E-state index contributed by atoms with van der Waals surface area (Å²) in [4.78, 5) is 26.6. The van der Waals surface area contributed by atoms with Crippen molar-refractivity contribution in [3.05, 3.63) is 29.8 Å². The summed E-state index contributed by atoms with van der Waals surface area (Å²) in [5.74, 6) is 0.547. The summed E-state index contributed by atoms with van der Waals surface area (Å²) in [6.07, 6.45) is 4.24. The normalized spacial score (nSPS) is 16.5. The standard InChI is InChI=1S/C19H29N3O3.ClH/c1-2-25-17-10-4-3-9-16(17)19(24)21-12-7-11-18(23)22-13-6-5-8-15(22)14-20;/h3-4,9-10,15H,2,5-8,11-14,20H2,1H3,(H,21,24);1H. The van der Waals surface area contributed by atoms with E-state index in [1.54, 1.807) is 12.1 Å². The minimum absolute atomic E-state index is 0. The van der Waals surface area contributed by atoms with Crippen LogP contribution in [0.2, 0.25) is 0 Å². The predicted octanol–water partition coefficient (Wildman–Crippen LogP) is 2.36. The third-order valence-corrected chi connectivity index (χ3v) is 4.50. The third kappa shape index (κ3) is 6.18. The Morgan fingerprint density at radius 1 is 1.31 bits per heavy atom. The fourth-order valence-corrected chi connectivity index (χ4v) is 3.19. The van der Waals surface area contributed by atoms with E-state index >= 15 is 0 Å². The van der Waals surface area contributed by atoms with Crippen molar-refractivity contribution in [3.8, 4) is 5.75 Å².